The molecule has 114 valence electrons. The zero-order valence-electron chi connectivity index (χ0n) is 11.8. The lowest BCUT2D eigenvalue weighted by atomic mass is 10.0. The van der Waals surface area contributed by atoms with Crippen molar-refractivity contribution in [3.05, 3.63) is 35.9 Å². The fourth-order valence-corrected chi connectivity index (χ4v) is 2.34. The van der Waals surface area contributed by atoms with Crippen molar-refractivity contribution in [2.24, 2.45) is 5.92 Å². The second-order valence-electron chi connectivity index (χ2n) is 5.17. The number of ether oxygens (including phenoxy) is 2. The largest absolute Gasteiger partial charge is 0.479 e. The lowest BCUT2D eigenvalue weighted by molar-refractivity contribution is -0.150. The van der Waals surface area contributed by atoms with Crippen molar-refractivity contribution in [2.75, 3.05) is 6.54 Å². The average Bonchev–Trinajstić information content (AvgIpc) is 2.85. The van der Waals surface area contributed by atoms with Gasteiger partial charge >= 0.3 is 12.1 Å². The molecular formula is C15H19NO5. The molecule has 0 aromatic heterocycles. The van der Waals surface area contributed by atoms with E-state index < -0.39 is 18.2 Å². The summed E-state index contributed by atoms with van der Waals surface area (Å²) in [5, 5.41) is 11.5. The highest BCUT2D eigenvalue weighted by atomic mass is 16.6. The van der Waals surface area contributed by atoms with Crippen molar-refractivity contribution >= 4 is 12.1 Å². The summed E-state index contributed by atoms with van der Waals surface area (Å²) in [5.41, 5.74) is 0.907. The molecule has 0 saturated carbocycles. The summed E-state index contributed by atoms with van der Waals surface area (Å²) in [5.74, 6) is -1.02. The van der Waals surface area contributed by atoms with Crippen molar-refractivity contribution < 1.29 is 24.2 Å². The number of carbonyl (C=O) groups excluding carboxylic acids is 1. The molecule has 1 aromatic carbocycles. The lowest BCUT2D eigenvalue weighted by Crippen LogP contribution is -2.33. The molecule has 0 radical (unpaired) electrons. The van der Waals surface area contributed by atoms with Gasteiger partial charge in [0.1, 0.15) is 6.61 Å². The van der Waals surface area contributed by atoms with Crippen LogP contribution in [-0.2, 0) is 20.9 Å². The van der Waals surface area contributed by atoms with E-state index in [2.05, 4.69) is 5.32 Å². The molecule has 1 aliphatic heterocycles. The molecule has 1 aliphatic rings. The highest BCUT2D eigenvalue weighted by molar-refractivity contribution is 5.73. The van der Waals surface area contributed by atoms with Crippen LogP contribution in [0.25, 0.3) is 0 Å². The molecule has 2 N–H and O–H groups in total. The van der Waals surface area contributed by atoms with Gasteiger partial charge in [-0.25, -0.2) is 9.59 Å². The summed E-state index contributed by atoms with van der Waals surface area (Å²) in [6.45, 7) is 2.28. The van der Waals surface area contributed by atoms with Crippen LogP contribution in [0.15, 0.2) is 30.3 Å². The molecule has 2 rings (SSSR count). The first-order chi connectivity index (χ1) is 10.1. The number of benzene rings is 1. The normalized spacial score (nSPS) is 24.5. The van der Waals surface area contributed by atoms with Crippen molar-refractivity contribution in [1.82, 2.24) is 5.32 Å². The van der Waals surface area contributed by atoms with Crippen LogP contribution in [0.5, 0.6) is 0 Å². The zero-order chi connectivity index (χ0) is 15.2. The predicted molar refractivity (Wildman–Crippen MR) is 74.7 cm³/mol. The summed E-state index contributed by atoms with van der Waals surface area (Å²) in [6.07, 6.45) is -1.01. The van der Waals surface area contributed by atoms with Crippen LogP contribution in [0.3, 0.4) is 0 Å². The second kappa shape index (κ2) is 7.08. The van der Waals surface area contributed by atoms with Crippen molar-refractivity contribution in [3.8, 4) is 0 Å². The van der Waals surface area contributed by atoms with Crippen LogP contribution in [0.2, 0.25) is 0 Å². The Morgan fingerprint density at radius 2 is 2.10 bits per heavy atom. The molecule has 21 heavy (non-hydrogen) atoms. The van der Waals surface area contributed by atoms with Gasteiger partial charge in [-0.05, 0) is 17.9 Å². The van der Waals surface area contributed by atoms with E-state index in [9.17, 15) is 9.59 Å². The third-order valence-corrected chi connectivity index (χ3v) is 3.42. The van der Waals surface area contributed by atoms with Crippen molar-refractivity contribution in [1.29, 1.82) is 0 Å². The smallest absolute Gasteiger partial charge is 0.407 e. The number of rotatable bonds is 5. The minimum atomic E-state index is -0.961. The Hall–Kier alpha value is -2.08. The van der Waals surface area contributed by atoms with Gasteiger partial charge in [-0.1, -0.05) is 37.3 Å². The first kappa shape index (κ1) is 15.3. The monoisotopic (exact) mass is 293 g/mol. The van der Waals surface area contributed by atoms with E-state index in [4.69, 9.17) is 14.6 Å². The van der Waals surface area contributed by atoms with E-state index in [0.29, 0.717) is 6.42 Å². The van der Waals surface area contributed by atoms with Crippen molar-refractivity contribution in [3.63, 3.8) is 0 Å². The number of amides is 1. The fourth-order valence-electron chi connectivity index (χ4n) is 2.34. The molecular weight excluding hydrogens is 274 g/mol. The third-order valence-electron chi connectivity index (χ3n) is 3.42. The van der Waals surface area contributed by atoms with E-state index in [1.807, 2.05) is 37.3 Å². The first-order valence-corrected chi connectivity index (χ1v) is 6.89. The molecule has 1 fully saturated rings. The molecule has 1 amide bonds. The van der Waals surface area contributed by atoms with Gasteiger partial charge in [0, 0.05) is 6.54 Å². The zero-order valence-corrected chi connectivity index (χ0v) is 11.8. The minimum Gasteiger partial charge on any atom is -0.479 e. The lowest BCUT2D eigenvalue weighted by Gasteiger charge is -2.12. The molecule has 1 aromatic rings. The number of hydrogen-bond donors (Lipinski definition) is 2. The number of hydrogen-bond acceptors (Lipinski definition) is 4. The summed E-state index contributed by atoms with van der Waals surface area (Å²) in [4.78, 5) is 22.5. The Morgan fingerprint density at radius 3 is 2.71 bits per heavy atom. The van der Waals surface area contributed by atoms with Crippen LogP contribution in [0, 0.1) is 5.92 Å². The molecule has 3 atom stereocenters. The highest BCUT2D eigenvalue weighted by Crippen LogP contribution is 2.25. The van der Waals surface area contributed by atoms with Gasteiger partial charge in [0.05, 0.1) is 6.10 Å². The number of aliphatic carboxylic acids is 1. The van der Waals surface area contributed by atoms with Crippen LogP contribution in [-0.4, -0.2) is 35.9 Å². The van der Waals surface area contributed by atoms with E-state index in [-0.39, 0.29) is 25.2 Å². The summed E-state index contributed by atoms with van der Waals surface area (Å²) < 4.78 is 10.4. The van der Waals surface area contributed by atoms with Crippen molar-refractivity contribution in [2.45, 2.75) is 32.2 Å². The Bertz CT molecular complexity index is 490. The van der Waals surface area contributed by atoms with Crippen LogP contribution < -0.4 is 5.32 Å². The predicted octanol–water partition coefficient (Wildman–Crippen LogP) is 1.79. The minimum absolute atomic E-state index is 0.0605. The molecule has 1 saturated heterocycles. The van der Waals surface area contributed by atoms with Gasteiger partial charge in [0.2, 0.25) is 0 Å². The molecule has 0 spiro atoms. The second-order valence-corrected chi connectivity index (χ2v) is 5.17. The molecule has 0 bridgehead atoms. The number of carboxylic acid groups (broad SMARTS) is 1. The van der Waals surface area contributed by atoms with Gasteiger partial charge in [0.25, 0.3) is 0 Å². The molecule has 1 heterocycles. The highest BCUT2D eigenvalue weighted by Gasteiger charge is 2.37. The summed E-state index contributed by atoms with van der Waals surface area (Å²) >= 11 is 0. The number of carboxylic acids is 1. The Kier molecular flexibility index (Phi) is 5.16. The Balaban J connectivity index is 1.69. The molecule has 6 heteroatoms. The van der Waals surface area contributed by atoms with Crippen LogP contribution in [0.1, 0.15) is 18.9 Å². The van der Waals surface area contributed by atoms with E-state index >= 15 is 0 Å². The standard InChI is InChI=1S/C15H19NO5/c1-10-7-12(21-13(10)14(17)18)8-16-15(19)20-9-11-5-3-2-4-6-11/h2-6,10,12-13H,7-9H2,1H3,(H,16,19)(H,17,18)/t10-,12-,13-/m1/s1. The fraction of sp³-hybridized carbons (Fsp3) is 0.467. The topological polar surface area (TPSA) is 84.9 Å². The van der Waals surface area contributed by atoms with E-state index in [1.165, 1.54) is 0 Å². The van der Waals surface area contributed by atoms with Gasteiger partial charge in [0.15, 0.2) is 6.10 Å². The molecule has 0 aliphatic carbocycles. The number of alkyl carbamates (subject to hydrolysis) is 1. The maximum atomic E-state index is 11.6. The van der Waals surface area contributed by atoms with E-state index in [1.54, 1.807) is 0 Å². The molecule has 0 unspecified atom stereocenters. The Morgan fingerprint density at radius 1 is 1.38 bits per heavy atom. The van der Waals surface area contributed by atoms with Gasteiger partial charge in [-0.3, -0.25) is 0 Å². The SMILES string of the molecule is C[C@@H]1C[C@H](CNC(=O)OCc2ccccc2)O[C@H]1C(=O)O. The maximum Gasteiger partial charge on any atom is 0.407 e. The number of carbonyl (C=O) groups is 2. The summed E-state index contributed by atoms with van der Waals surface area (Å²) in [6, 6.07) is 9.37. The number of nitrogens with one attached hydrogen (secondary N) is 1. The van der Waals surface area contributed by atoms with Gasteiger partial charge in [-0.15, -0.1) is 0 Å². The third kappa shape index (κ3) is 4.46. The first-order valence-electron chi connectivity index (χ1n) is 6.89. The summed E-state index contributed by atoms with van der Waals surface area (Å²) in [7, 11) is 0. The van der Waals surface area contributed by atoms with Gasteiger partial charge < -0.3 is 19.9 Å². The quantitative estimate of drug-likeness (QED) is 0.864. The van der Waals surface area contributed by atoms with E-state index in [0.717, 1.165) is 5.56 Å². The van der Waals surface area contributed by atoms with Gasteiger partial charge in [-0.2, -0.15) is 0 Å². The average molecular weight is 293 g/mol. The Labute approximate surface area is 123 Å². The molecule has 6 nitrogen and oxygen atoms in total. The van der Waals surface area contributed by atoms with Crippen LogP contribution >= 0.6 is 0 Å². The van der Waals surface area contributed by atoms with Crippen LogP contribution in [0.4, 0.5) is 4.79 Å². The maximum absolute atomic E-state index is 11.6.